The number of hydrogen-bond donors (Lipinski definition) is 1. The van der Waals surface area contributed by atoms with Crippen LogP contribution in [0.15, 0.2) is 12.1 Å². The molecule has 2 rings (SSSR count). The van der Waals surface area contributed by atoms with Gasteiger partial charge in [-0.3, -0.25) is 0 Å². The van der Waals surface area contributed by atoms with Gasteiger partial charge >= 0.3 is 0 Å². The fraction of sp³-hybridized carbons (Fsp3) is 0.500. The van der Waals surface area contributed by atoms with Crippen LogP contribution >= 0.6 is 0 Å². The third-order valence-corrected chi connectivity index (χ3v) is 3.16. The summed E-state index contributed by atoms with van der Waals surface area (Å²) in [7, 11) is 0. The van der Waals surface area contributed by atoms with Crippen LogP contribution in [0.5, 0.6) is 0 Å². The zero-order chi connectivity index (χ0) is 13.8. The summed E-state index contributed by atoms with van der Waals surface area (Å²) in [5, 5.41) is 0. The zero-order valence-corrected chi connectivity index (χ0v) is 11.4. The van der Waals surface area contributed by atoms with Gasteiger partial charge in [0.05, 0.1) is 17.6 Å². The molecule has 4 nitrogen and oxygen atoms in total. The predicted octanol–water partition coefficient (Wildman–Crippen LogP) is 2.88. The van der Waals surface area contributed by atoms with Crippen molar-refractivity contribution in [3.8, 4) is 0 Å². The molecule has 19 heavy (non-hydrogen) atoms. The Balaban J connectivity index is 2.13. The number of ether oxygens (including phenoxy) is 1. The van der Waals surface area contributed by atoms with Crippen molar-refractivity contribution in [3.63, 3.8) is 0 Å². The highest BCUT2D eigenvalue weighted by Crippen LogP contribution is 2.21. The number of fused-ring (bicyclic) bond motifs is 1. The molecule has 2 N–H and O–H groups in total. The molecule has 1 heterocycles. The van der Waals surface area contributed by atoms with Gasteiger partial charge < -0.3 is 15.0 Å². The highest BCUT2D eigenvalue weighted by Gasteiger charge is 2.10. The Hall–Kier alpha value is -1.62. The van der Waals surface area contributed by atoms with E-state index in [9.17, 15) is 4.39 Å². The van der Waals surface area contributed by atoms with E-state index in [0.29, 0.717) is 30.2 Å². The van der Waals surface area contributed by atoms with Gasteiger partial charge in [0.1, 0.15) is 5.82 Å². The average Bonchev–Trinajstić information content (AvgIpc) is 2.66. The first-order valence-corrected chi connectivity index (χ1v) is 6.63. The number of benzene rings is 1. The van der Waals surface area contributed by atoms with Crippen LogP contribution in [-0.2, 0) is 11.3 Å². The standard InChI is InChI=1S/C14H20FN3O/c1-3-4-6-19-7-5-18-13-8-10(2)11(15)9-12(13)17-14(18)16/h8-9H,3-7H2,1-2H3,(H2,16,17). The minimum atomic E-state index is -0.253. The lowest BCUT2D eigenvalue weighted by molar-refractivity contribution is 0.124. The van der Waals surface area contributed by atoms with Gasteiger partial charge in [-0.15, -0.1) is 0 Å². The molecule has 0 radical (unpaired) electrons. The minimum absolute atomic E-state index is 0.253. The fourth-order valence-electron chi connectivity index (χ4n) is 2.01. The van der Waals surface area contributed by atoms with E-state index in [0.717, 1.165) is 25.0 Å². The van der Waals surface area contributed by atoms with Crippen LogP contribution < -0.4 is 5.73 Å². The van der Waals surface area contributed by atoms with Gasteiger partial charge in [0, 0.05) is 19.2 Å². The molecule has 5 heteroatoms. The minimum Gasteiger partial charge on any atom is -0.380 e. The number of hydrogen-bond acceptors (Lipinski definition) is 3. The third-order valence-electron chi connectivity index (χ3n) is 3.16. The Labute approximate surface area is 112 Å². The van der Waals surface area contributed by atoms with E-state index in [1.807, 2.05) is 4.57 Å². The van der Waals surface area contributed by atoms with Crippen LogP contribution in [0.25, 0.3) is 11.0 Å². The Morgan fingerprint density at radius 1 is 1.37 bits per heavy atom. The van der Waals surface area contributed by atoms with E-state index < -0.39 is 0 Å². The van der Waals surface area contributed by atoms with Crippen molar-refractivity contribution < 1.29 is 9.13 Å². The molecule has 2 aromatic rings. The van der Waals surface area contributed by atoms with E-state index in [-0.39, 0.29) is 5.82 Å². The molecule has 0 spiro atoms. The first-order chi connectivity index (χ1) is 9.13. The van der Waals surface area contributed by atoms with E-state index in [2.05, 4.69) is 11.9 Å². The Morgan fingerprint density at radius 2 is 2.16 bits per heavy atom. The monoisotopic (exact) mass is 265 g/mol. The van der Waals surface area contributed by atoms with Gasteiger partial charge in [-0.05, 0) is 25.0 Å². The number of nitrogens with two attached hydrogens (primary N) is 1. The maximum Gasteiger partial charge on any atom is 0.201 e. The average molecular weight is 265 g/mol. The van der Waals surface area contributed by atoms with Crippen molar-refractivity contribution in [2.45, 2.75) is 33.2 Å². The van der Waals surface area contributed by atoms with Gasteiger partial charge in [0.15, 0.2) is 0 Å². The molecule has 0 saturated carbocycles. The number of halogens is 1. The first kappa shape index (κ1) is 13.8. The molecule has 0 aliphatic carbocycles. The summed E-state index contributed by atoms with van der Waals surface area (Å²) >= 11 is 0. The number of anilines is 1. The molecular formula is C14H20FN3O. The summed E-state index contributed by atoms with van der Waals surface area (Å²) in [4.78, 5) is 4.18. The molecule has 1 aromatic carbocycles. The molecule has 0 unspecified atom stereocenters. The largest absolute Gasteiger partial charge is 0.380 e. The number of rotatable bonds is 6. The van der Waals surface area contributed by atoms with Gasteiger partial charge in [-0.1, -0.05) is 13.3 Å². The topological polar surface area (TPSA) is 53.1 Å². The van der Waals surface area contributed by atoms with Crippen molar-refractivity contribution in [1.29, 1.82) is 0 Å². The summed E-state index contributed by atoms with van der Waals surface area (Å²) in [5.41, 5.74) is 7.91. The van der Waals surface area contributed by atoms with Crippen LogP contribution in [0.4, 0.5) is 10.3 Å². The molecule has 0 atom stereocenters. The highest BCUT2D eigenvalue weighted by atomic mass is 19.1. The number of aryl methyl sites for hydroxylation is 1. The second-order valence-electron chi connectivity index (χ2n) is 4.68. The lowest BCUT2D eigenvalue weighted by atomic mass is 10.2. The maximum atomic E-state index is 13.5. The summed E-state index contributed by atoms with van der Waals surface area (Å²) < 4.78 is 20.9. The summed E-state index contributed by atoms with van der Waals surface area (Å²) in [6.07, 6.45) is 2.18. The van der Waals surface area contributed by atoms with E-state index in [1.54, 1.807) is 13.0 Å². The van der Waals surface area contributed by atoms with Crippen molar-refractivity contribution in [2.24, 2.45) is 0 Å². The molecule has 104 valence electrons. The Bertz CT molecular complexity index is 565. The Morgan fingerprint density at radius 3 is 2.89 bits per heavy atom. The van der Waals surface area contributed by atoms with Crippen LogP contribution in [0.2, 0.25) is 0 Å². The molecule has 0 saturated heterocycles. The van der Waals surface area contributed by atoms with Crippen molar-refractivity contribution in [1.82, 2.24) is 9.55 Å². The van der Waals surface area contributed by atoms with Crippen LogP contribution in [0.1, 0.15) is 25.3 Å². The SMILES string of the molecule is CCCCOCCn1c(N)nc2cc(F)c(C)cc21. The molecule has 0 aliphatic rings. The lowest BCUT2D eigenvalue weighted by Crippen LogP contribution is -2.09. The second-order valence-corrected chi connectivity index (χ2v) is 4.68. The fourth-order valence-corrected chi connectivity index (χ4v) is 2.01. The Kier molecular flexibility index (Phi) is 4.37. The maximum absolute atomic E-state index is 13.5. The smallest absolute Gasteiger partial charge is 0.201 e. The number of unbranched alkanes of at least 4 members (excludes halogenated alkanes) is 1. The van der Waals surface area contributed by atoms with E-state index in [4.69, 9.17) is 10.5 Å². The van der Waals surface area contributed by atoms with E-state index >= 15 is 0 Å². The number of imidazole rings is 1. The predicted molar refractivity (Wildman–Crippen MR) is 74.6 cm³/mol. The second kappa shape index (κ2) is 6.02. The van der Waals surface area contributed by atoms with Gasteiger partial charge in [-0.2, -0.15) is 0 Å². The van der Waals surface area contributed by atoms with Crippen molar-refractivity contribution in [3.05, 3.63) is 23.5 Å². The summed E-state index contributed by atoms with van der Waals surface area (Å²) in [6.45, 7) is 5.85. The van der Waals surface area contributed by atoms with Gasteiger partial charge in [-0.25, -0.2) is 9.37 Å². The summed E-state index contributed by atoms with van der Waals surface area (Å²) in [5.74, 6) is 0.149. The van der Waals surface area contributed by atoms with Gasteiger partial charge in [0.25, 0.3) is 0 Å². The molecule has 0 aliphatic heterocycles. The van der Waals surface area contributed by atoms with E-state index in [1.165, 1.54) is 6.07 Å². The zero-order valence-electron chi connectivity index (χ0n) is 11.4. The third kappa shape index (κ3) is 3.04. The normalized spacial score (nSPS) is 11.3. The first-order valence-electron chi connectivity index (χ1n) is 6.63. The van der Waals surface area contributed by atoms with Gasteiger partial charge in [0.2, 0.25) is 5.95 Å². The van der Waals surface area contributed by atoms with Crippen LogP contribution in [0, 0.1) is 12.7 Å². The molecule has 0 bridgehead atoms. The number of aromatic nitrogens is 2. The van der Waals surface area contributed by atoms with Crippen LogP contribution in [0.3, 0.4) is 0 Å². The van der Waals surface area contributed by atoms with Crippen LogP contribution in [-0.4, -0.2) is 22.8 Å². The molecule has 0 fully saturated rings. The number of nitrogen functional groups attached to an aromatic ring is 1. The molecule has 0 amide bonds. The quantitative estimate of drug-likeness (QED) is 0.817. The molecule has 1 aromatic heterocycles. The van der Waals surface area contributed by atoms with Crippen molar-refractivity contribution in [2.75, 3.05) is 18.9 Å². The lowest BCUT2D eigenvalue weighted by Gasteiger charge is -2.07. The van der Waals surface area contributed by atoms with Crippen molar-refractivity contribution >= 4 is 17.0 Å². The highest BCUT2D eigenvalue weighted by molar-refractivity contribution is 5.79. The number of nitrogens with zero attached hydrogens (tertiary/aromatic N) is 2. The molecular weight excluding hydrogens is 245 g/mol. The summed E-state index contributed by atoms with van der Waals surface area (Å²) in [6, 6.07) is 3.20.